The summed E-state index contributed by atoms with van der Waals surface area (Å²) < 4.78 is 0. The number of nitrogens with one attached hydrogen (secondary N) is 1. The van der Waals surface area contributed by atoms with Crippen LogP contribution in [0.25, 0.3) is 10.9 Å². The molecule has 100 valence electrons. The predicted octanol–water partition coefficient (Wildman–Crippen LogP) is 4.59. The zero-order chi connectivity index (χ0) is 13.9. The SMILES string of the molecule is CCc1nc(Nc2ccccc2)c2ccc(Cl)cc2n1. The third-order valence-corrected chi connectivity index (χ3v) is 3.29. The number of hydrogen-bond acceptors (Lipinski definition) is 3. The van der Waals surface area contributed by atoms with Crippen molar-refractivity contribution in [2.24, 2.45) is 0 Å². The van der Waals surface area contributed by atoms with E-state index >= 15 is 0 Å². The molecule has 2 aromatic carbocycles. The number of halogens is 1. The summed E-state index contributed by atoms with van der Waals surface area (Å²) in [4.78, 5) is 9.10. The molecule has 0 radical (unpaired) electrons. The van der Waals surface area contributed by atoms with Crippen LogP contribution < -0.4 is 5.32 Å². The molecule has 0 aliphatic carbocycles. The molecule has 0 aliphatic rings. The number of benzene rings is 2. The number of fused-ring (bicyclic) bond motifs is 1. The summed E-state index contributed by atoms with van der Waals surface area (Å²) in [5.74, 6) is 1.62. The van der Waals surface area contributed by atoms with Gasteiger partial charge in [0.05, 0.1) is 5.52 Å². The van der Waals surface area contributed by atoms with Crippen molar-refractivity contribution < 1.29 is 0 Å². The molecule has 1 heterocycles. The van der Waals surface area contributed by atoms with Gasteiger partial charge in [0, 0.05) is 22.5 Å². The average molecular weight is 284 g/mol. The number of aromatic nitrogens is 2. The Morgan fingerprint density at radius 3 is 2.60 bits per heavy atom. The van der Waals surface area contributed by atoms with E-state index in [1.54, 1.807) is 0 Å². The Hall–Kier alpha value is -2.13. The molecule has 3 rings (SSSR count). The predicted molar refractivity (Wildman–Crippen MR) is 83.7 cm³/mol. The van der Waals surface area contributed by atoms with Gasteiger partial charge in [-0.3, -0.25) is 0 Å². The average Bonchev–Trinajstić information content (AvgIpc) is 2.47. The van der Waals surface area contributed by atoms with Gasteiger partial charge < -0.3 is 5.32 Å². The molecule has 1 N–H and O–H groups in total. The molecule has 0 spiro atoms. The number of hydrogen-bond donors (Lipinski definition) is 1. The number of nitrogens with zero attached hydrogens (tertiary/aromatic N) is 2. The molecule has 0 bridgehead atoms. The molecule has 0 atom stereocenters. The lowest BCUT2D eigenvalue weighted by Crippen LogP contribution is -2.01. The smallest absolute Gasteiger partial charge is 0.142 e. The fourth-order valence-corrected chi connectivity index (χ4v) is 2.23. The Labute approximate surface area is 122 Å². The lowest BCUT2D eigenvalue weighted by atomic mass is 10.2. The highest BCUT2D eigenvalue weighted by Crippen LogP contribution is 2.26. The lowest BCUT2D eigenvalue weighted by molar-refractivity contribution is 0.964. The van der Waals surface area contributed by atoms with E-state index in [0.717, 1.165) is 34.7 Å². The van der Waals surface area contributed by atoms with Gasteiger partial charge in [-0.25, -0.2) is 9.97 Å². The molecule has 1 aromatic heterocycles. The maximum Gasteiger partial charge on any atom is 0.142 e. The minimum absolute atomic E-state index is 0.684. The standard InChI is InChI=1S/C16H14ClN3/c1-2-15-19-14-10-11(17)8-9-13(14)16(20-15)18-12-6-4-3-5-7-12/h3-10H,2H2,1H3,(H,18,19,20). The van der Waals surface area contributed by atoms with Gasteiger partial charge in [-0.2, -0.15) is 0 Å². The molecule has 3 aromatic rings. The van der Waals surface area contributed by atoms with Crippen LogP contribution in [0.2, 0.25) is 5.02 Å². The fourth-order valence-electron chi connectivity index (χ4n) is 2.06. The maximum absolute atomic E-state index is 6.05. The molecular weight excluding hydrogens is 270 g/mol. The van der Waals surface area contributed by atoms with E-state index in [2.05, 4.69) is 15.3 Å². The molecule has 0 fully saturated rings. The van der Waals surface area contributed by atoms with Crippen molar-refractivity contribution in [2.45, 2.75) is 13.3 Å². The highest BCUT2D eigenvalue weighted by molar-refractivity contribution is 6.31. The van der Waals surface area contributed by atoms with Gasteiger partial charge in [0.1, 0.15) is 11.6 Å². The minimum Gasteiger partial charge on any atom is -0.340 e. The molecule has 20 heavy (non-hydrogen) atoms. The van der Waals surface area contributed by atoms with Crippen molar-refractivity contribution in [2.75, 3.05) is 5.32 Å². The van der Waals surface area contributed by atoms with Crippen molar-refractivity contribution in [1.82, 2.24) is 9.97 Å². The Bertz CT molecular complexity index is 741. The largest absolute Gasteiger partial charge is 0.340 e. The van der Waals surface area contributed by atoms with E-state index in [1.165, 1.54) is 0 Å². The third-order valence-electron chi connectivity index (χ3n) is 3.06. The van der Waals surface area contributed by atoms with Crippen LogP contribution in [-0.4, -0.2) is 9.97 Å². The van der Waals surface area contributed by atoms with Gasteiger partial charge in [0.25, 0.3) is 0 Å². The van der Waals surface area contributed by atoms with Crippen molar-refractivity contribution in [1.29, 1.82) is 0 Å². The first-order valence-electron chi connectivity index (χ1n) is 6.54. The van der Waals surface area contributed by atoms with Gasteiger partial charge in [-0.05, 0) is 30.3 Å². The molecule has 0 unspecified atom stereocenters. The van der Waals surface area contributed by atoms with Crippen LogP contribution in [0.5, 0.6) is 0 Å². The van der Waals surface area contributed by atoms with Crippen LogP contribution in [0.15, 0.2) is 48.5 Å². The Morgan fingerprint density at radius 2 is 1.85 bits per heavy atom. The molecule has 0 amide bonds. The molecule has 4 heteroatoms. The molecule has 0 aliphatic heterocycles. The van der Waals surface area contributed by atoms with Crippen LogP contribution in [0, 0.1) is 0 Å². The van der Waals surface area contributed by atoms with Gasteiger partial charge in [-0.1, -0.05) is 36.7 Å². The van der Waals surface area contributed by atoms with E-state index in [0.29, 0.717) is 5.02 Å². The van der Waals surface area contributed by atoms with Crippen LogP contribution in [0.3, 0.4) is 0 Å². The number of aryl methyl sites for hydroxylation is 1. The fraction of sp³-hybridized carbons (Fsp3) is 0.125. The maximum atomic E-state index is 6.05. The first kappa shape index (κ1) is 12.9. The lowest BCUT2D eigenvalue weighted by Gasteiger charge is -2.10. The van der Waals surface area contributed by atoms with Crippen LogP contribution in [0.1, 0.15) is 12.7 Å². The van der Waals surface area contributed by atoms with Gasteiger partial charge in [0.15, 0.2) is 0 Å². The summed E-state index contributed by atoms with van der Waals surface area (Å²) in [5.41, 5.74) is 1.87. The zero-order valence-electron chi connectivity index (χ0n) is 11.1. The van der Waals surface area contributed by atoms with Gasteiger partial charge >= 0.3 is 0 Å². The van der Waals surface area contributed by atoms with E-state index in [1.807, 2.05) is 55.5 Å². The van der Waals surface area contributed by atoms with Crippen LogP contribution >= 0.6 is 11.6 Å². The topological polar surface area (TPSA) is 37.8 Å². The summed E-state index contributed by atoms with van der Waals surface area (Å²) in [6, 6.07) is 15.7. The normalized spacial score (nSPS) is 10.7. The van der Waals surface area contributed by atoms with Crippen LogP contribution in [0.4, 0.5) is 11.5 Å². The second-order valence-electron chi connectivity index (χ2n) is 4.49. The van der Waals surface area contributed by atoms with Crippen molar-refractivity contribution in [3.8, 4) is 0 Å². The summed E-state index contributed by atoms with van der Waals surface area (Å²) in [5, 5.41) is 5.00. The number of para-hydroxylation sites is 1. The summed E-state index contributed by atoms with van der Waals surface area (Å²) in [6.45, 7) is 2.04. The molecule has 3 nitrogen and oxygen atoms in total. The summed E-state index contributed by atoms with van der Waals surface area (Å²) >= 11 is 6.05. The first-order valence-corrected chi connectivity index (χ1v) is 6.92. The van der Waals surface area contributed by atoms with Gasteiger partial charge in [0.2, 0.25) is 0 Å². The first-order chi connectivity index (χ1) is 9.76. The zero-order valence-corrected chi connectivity index (χ0v) is 11.9. The van der Waals surface area contributed by atoms with Crippen molar-refractivity contribution in [3.63, 3.8) is 0 Å². The highest BCUT2D eigenvalue weighted by atomic mass is 35.5. The minimum atomic E-state index is 0.684. The highest BCUT2D eigenvalue weighted by Gasteiger charge is 2.07. The van der Waals surface area contributed by atoms with E-state index in [-0.39, 0.29) is 0 Å². The third kappa shape index (κ3) is 2.58. The van der Waals surface area contributed by atoms with E-state index < -0.39 is 0 Å². The monoisotopic (exact) mass is 283 g/mol. The van der Waals surface area contributed by atoms with E-state index in [4.69, 9.17) is 11.6 Å². The quantitative estimate of drug-likeness (QED) is 0.764. The summed E-state index contributed by atoms with van der Waals surface area (Å²) in [6.07, 6.45) is 0.784. The second kappa shape index (κ2) is 5.47. The Kier molecular flexibility index (Phi) is 3.52. The molecular formula is C16H14ClN3. The molecule has 0 saturated carbocycles. The van der Waals surface area contributed by atoms with Gasteiger partial charge in [-0.15, -0.1) is 0 Å². The Balaban J connectivity index is 2.13. The Morgan fingerprint density at radius 1 is 1.05 bits per heavy atom. The van der Waals surface area contributed by atoms with E-state index in [9.17, 15) is 0 Å². The number of anilines is 2. The molecule has 0 saturated heterocycles. The van der Waals surface area contributed by atoms with Crippen molar-refractivity contribution in [3.05, 3.63) is 59.4 Å². The second-order valence-corrected chi connectivity index (χ2v) is 4.93. The van der Waals surface area contributed by atoms with Crippen LogP contribution in [-0.2, 0) is 6.42 Å². The van der Waals surface area contributed by atoms with Crippen molar-refractivity contribution >= 4 is 34.0 Å². The number of rotatable bonds is 3. The summed E-state index contributed by atoms with van der Waals surface area (Å²) in [7, 11) is 0.